The van der Waals surface area contributed by atoms with Gasteiger partial charge in [-0.2, -0.15) is 0 Å². The molecule has 0 radical (unpaired) electrons. The number of para-hydroxylation sites is 4. The van der Waals surface area contributed by atoms with Crippen LogP contribution in [0.1, 0.15) is 16.8 Å². The fourth-order valence-corrected chi connectivity index (χ4v) is 3.13. The van der Waals surface area contributed by atoms with Gasteiger partial charge in [0.15, 0.2) is 0 Å². The van der Waals surface area contributed by atoms with Crippen molar-refractivity contribution < 1.29 is 14.3 Å². The average Bonchev–Trinajstić information content (AvgIpc) is 3.07. The van der Waals surface area contributed by atoms with Crippen molar-refractivity contribution in [3.05, 3.63) is 94.9 Å². The first-order valence-electron chi connectivity index (χ1n) is 9.39. The molecule has 1 N–H and O–H groups in total. The summed E-state index contributed by atoms with van der Waals surface area (Å²) in [6.07, 6.45) is 0.523. The Kier molecular flexibility index (Phi) is 5.42. The summed E-state index contributed by atoms with van der Waals surface area (Å²) < 4.78 is 12.9. The van der Waals surface area contributed by atoms with Crippen LogP contribution in [-0.2, 0) is 11.3 Å². The first-order chi connectivity index (χ1) is 14.2. The molecule has 0 aliphatic rings. The van der Waals surface area contributed by atoms with Gasteiger partial charge in [0.1, 0.15) is 17.1 Å². The van der Waals surface area contributed by atoms with Gasteiger partial charge in [0.05, 0.1) is 17.6 Å². The molecule has 29 heavy (non-hydrogen) atoms. The minimum absolute atomic E-state index is 0.167. The average molecular weight is 388 g/mol. The summed E-state index contributed by atoms with van der Waals surface area (Å²) in [6, 6.07) is 23.7. The maximum Gasteiger partial charge on any atom is 0.341 e. The molecule has 0 bridgehead atoms. The largest absolute Gasteiger partial charge is 0.462 e. The van der Waals surface area contributed by atoms with Gasteiger partial charge in [-0.25, -0.2) is 9.59 Å². The number of nitrogens with one attached hydrogen (secondary N) is 1. The van der Waals surface area contributed by atoms with Crippen LogP contribution in [0.15, 0.2) is 83.7 Å². The van der Waals surface area contributed by atoms with E-state index in [2.05, 4.69) is 4.98 Å². The number of imidazole rings is 1. The Morgan fingerprint density at radius 3 is 2.48 bits per heavy atom. The lowest BCUT2D eigenvalue weighted by Crippen LogP contribution is -2.18. The van der Waals surface area contributed by atoms with Gasteiger partial charge in [0.2, 0.25) is 0 Å². The van der Waals surface area contributed by atoms with Crippen molar-refractivity contribution in [1.82, 2.24) is 9.55 Å². The highest BCUT2D eigenvalue weighted by atomic mass is 16.5. The lowest BCUT2D eigenvalue weighted by molar-refractivity contribution is 0.0493. The molecule has 6 nitrogen and oxygen atoms in total. The minimum Gasteiger partial charge on any atom is -0.462 e. The predicted octanol–water partition coefficient (Wildman–Crippen LogP) is 4.37. The molecular formula is C23H20N2O4. The molecule has 0 atom stereocenters. The van der Waals surface area contributed by atoms with Crippen LogP contribution in [-0.4, -0.2) is 22.1 Å². The maximum absolute atomic E-state index is 12.5. The van der Waals surface area contributed by atoms with Gasteiger partial charge in [-0.15, -0.1) is 0 Å². The molecule has 0 saturated heterocycles. The Balaban J connectivity index is 1.38. The normalized spacial score (nSPS) is 10.8. The first-order valence-corrected chi connectivity index (χ1v) is 9.39. The van der Waals surface area contributed by atoms with E-state index in [0.717, 1.165) is 11.0 Å². The van der Waals surface area contributed by atoms with E-state index in [-0.39, 0.29) is 12.3 Å². The van der Waals surface area contributed by atoms with Crippen LogP contribution in [0.25, 0.3) is 11.0 Å². The monoisotopic (exact) mass is 388 g/mol. The molecule has 0 aliphatic carbocycles. The number of carbonyl (C=O) groups is 1. The Hall–Kier alpha value is -3.80. The zero-order valence-corrected chi connectivity index (χ0v) is 15.7. The van der Waals surface area contributed by atoms with E-state index in [9.17, 15) is 9.59 Å². The molecule has 0 saturated carbocycles. The Labute approximate surface area is 167 Å². The van der Waals surface area contributed by atoms with Gasteiger partial charge in [0.25, 0.3) is 0 Å². The van der Waals surface area contributed by atoms with Crippen molar-refractivity contribution in [2.24, 2.45) is 0 Å². The number of hydrogen-bond donors (Lipinski definition) is 1. The second kappa shape index (κ2) is 8.48. The lowest BCUT2D eigenvalue weighted by atomic mass is 10.2. The molecule has 4 rings (SSSR count). The second-order valence-electron chi connectivity index (χ2n) is 6.50. The number of aromatic amines is 1. The SMILES string of the molecule is O=C(OCCCn1c(=O)[nH]c2ccccc21)c1ccccc1Oc1ccccc1. The van der Waals surface area contributed by atoms with Gasteiger partial charge >= 0.3 is 11.7 Å². The molecule has 0 amide bonds. The third kappa shape index (κ3) is 4.21. The number of rotatable bonds is 7. The van der Waals surface area contributed by atoms with Crippen LogP contribution >= 0.6 is 0 Å². The Morgan fingerprint density at radius 1 is 0.897 bits per heavy atom. The van der Waals surface area contributed by atoms with Crippen LogP contribution in [0.4, 0.5) is 0 Å². The summed E-state index contributed by atoms with van der Waals surface area (Å²) >= 11 is 0. The van der Waals surface area contributed by atoms with Crippen LogP contribution < -0.4 is 10.4 Å². The Bertz CT molecular complexity index is 1180. The maximum atomic E-state index is 12.5. The molecule has 1 aromatic heterocycles. The highest BCUT2D eigenvalue weighted by Gasteiger charge is 2.14. The van der Waals surface area contributed by atoms with Crippen LogP contribution in [0.3, 0.4) is 0 Å². The summed E-state index contributed by atoms with van der Waals surface area (Å²) in [5.41, 5.74) is 1.83. The molecule has 0 spiro atoms. The highest BCUT2D eigenvalue weighted by molar-refractivity contribution is 5.92. The van der Waals surface area contributed by atoms with E-state index in [0.29, 0.717) is 30.0 Å². The number of aromatic nitrogens is 2. The van der Waals surface area contributed by atoms with Gasteiger partial charge < -0.3 is 14.5 Å². The smallest absolute Gasteiger partial charge is 0.341 e. The van der Waals surface area contributed by atoms with Gasteiger partial charge in [-0.3, -0.25) is 4.57 Å². The van der Waals surface area contributed by atoms with E-state index in [1.54, 1.807) is 28.8 Å². The number of hydrogen-bond acceptors (Lipinski definition) is 4. The number of nitrogens with zero attached hydrogens (tertiary/aromatic N) is 1. The first kappa shape index (κ1) is 18.6. The number of esters is 1. The summed E-state index contributed by atoms with van der Waals surface area (Å²) in [4.78, 5) is 27.4. The standard InChI is InChI=1S/C23H20N2O4/c26-22(18-11-4-7-14-21(18)29-17-9-2-1-3-10-17)28-16-8-15-25-20-13-6-5-12-19(20)24-23(25)27/h1-7,9-14H,8,15-16H2,(H,24,27). The van der Waals surface area contributed by atoms with E-state index >= 15 is 0 Å². The van der Waals surface area contributed by atoms with Crippen LogP contribution in [0.5, 0.6) is 11.5 Å². The lowest BCUT2D eigenvalue weighted by Gasteiger charge is -2.11. The van der Waals surface area contributed by atoms with E-state index in [4.69, 9.17) is 9.47 Å². The second-order valence-corrected chi connectivity index (χ2v) is 6.50. The molecule has 0 aliphatic heterocycles. The van der Waals surface area contributed by atoms with Gasteiger partial charge in [0, 0.05) is 6.54 Å². The highest BCUT2D eigenvalue weighted by Crippen LogP contribution is 2.25. The molecule has 3 aromatic carbocycles. The van der Waals surface area contributed by atoms with Crippen molar-refractivity contribution in [2.45, 2.75) is 13.0 Å². The predicted molar refractivity (Wildman–Crippen MR) is 110 cm³/mol. The summed E-state index contributed by atoms with van der Waals surface area (Å²) in [5.74, 6) is 0.630. The van der Waals surface area contributed by atoms with Crippen LogP contribution in [0, 0.1) is 0 Å². The third-order valence-corrected chi connectivity index (χ3v) is 4.52. The van der Waals surface area contributed by atoms with Crippen molar-refractivity contribution in [1.29, 1.82) is 0 Å². The summed E-state index contributed by atoms with van der Waals surface area (Å²) in [6.45, 7) is 0.655. The molecular weight excluding hydrogens is 368 g/mol. The van der Waals surface area contributed by atoms with E-state index in [1.165, 1.54) is 0 Å². The molecule has 0 unspecified atom stereocenters. The van der Waals surface area contributed by atoms with E-state index in [1.807, 2.05) is 54.6 Å². The zero-order chi connectivity index (χ0) is 20.1. The van der Waals surface area contributed by atoms with Crippen molar-refractivity contribution >= 4 is 17.0 Å². The number of ether oxygens (including phenoxy) is 2. The van der Waals surface area contributed by atoms with Crippen molar-refractivity contribution in [3.63, 3.8) is 0 Å². The molecule has 1 heterocycles. The quantitative estimate of drug-likeness (QED) is 0.377. The number of fused-ring (bicyclic) bond motifs is 1. The number of carbonyl (C=O) groups excluding carboxylic acids is 1. The number of H-pyrrole nitrogens is 1. The summed E-state index contributed by atoms with van der Waals surface area (Å²) in [5, 5.41) is 0. The Morgan fingerprint density at radius 2 is 1.62 bits per heavy atom. The number of aryl methyl sites for hydroxylation is 1. The fourth-order valence-electron chi connectivity index (χ4n) is 3.13. The third-order valence-electron chi connectivity index (χ3n) is 4.52. The fraction of sp³-hybridized carbons (Fsp3) is 0.130. The minimum atomic E-state index is -0.456. The van der Waals surface area contributed by atoms with Crippen molar-refractivity contribution in [3.8, 4) is 11.5 Å². The van der Waals surface area contributed by atoms with E-state index < -0.39 is 5.97 Å². The van der Waals surface area contributed by atoms with Crippen LogP contribution in [0.2, 0.25) is 0 Å². The van der Waals surface area contributed by atoms with Crippen molar-refractivity contribution in [2.75, 3.05) is 6.61 Å². The van der Waals surface area contributed by atoms with Gasteiger partial charge in [-0.05, 0) is 42.8 Å². The summed E-state index contributed by atoms with van der Waals surface area (Å²) in [7, 11) is 0. The number of benzene rings is 3. The molecule has 6 heteroatoms. The molecule has 0 fully saturated rings. The molecule has 146 valence electrons. The topological polar surface area (TPSA) is 73.3 Å². The van der Waals surface area contributed by atoms with Gasteiger partial charge in [-0.1, -0.05) is 42.5 Å². The molecule has 4 aromatic rings. The zero-order valence-electron chi connectivity index (χ0n) is 15.7.